The number of hydrogen-bond acceptors (Lipinski definition) is 3. The van der Waals surface area contributed by atoms with E-state index >= 15 is 0 Å². The maximum absolute atomic E-state index is 5.95. The third-order valence-corrected chi connectivity index (χ3v) is 3.76. The molecule has 2 N–H and O–H groups in total. The summed E-state index contributed by atoms with van der Waals surface area (Å²) >= 11 is 3.51. The number of benzene rings is 1. The predicted molar refractivity (Wildman–Crippen MR) is 84.5 cm³/mol. The third-order valence-electron chi connectivity index (χ3n) is 3.27. The average molecular weight is 337 g/mol. The molecule has 0 saturated heterocycles. The number of halogens is 1. The molecule has 20 heavy (non-hydrogen) atoms. The van der Waals surface area contributed by atoms with E-state index in [9.17, 15) is 0 Å². The van der Waals surface area contributed by atoms with Gasteiger partial charge in [0.15, 0.2) is 0 Å². The fourth-order valence-corrected chi connectivity index (χ4v) is 2.68. The Morgan fingerprint density at radius 1 is 1.35 bits per heavy atom. The van der Waals surface area contributed by atoms with Crippen LogP contribution in [0.5, 0.6) is 0 Å². The molecule has 0 fully saturated rings. The molecule has 1 heterocycles. The molecule has 1 aromatic heterocycles. The molecule has 0 aliphatic carbocycles. The van der Waals surface area contributed by atoms with Gasteiger partial charge in [-0.3, -0.25) is 0 Å². The van der Waals surface area contributed by atoms with Gasteiger partial charge in [0, 0.05) is 23.4 Å². The Morgan fingerprint density at radius 2 is 2.15 bits per heavy atom. The summed E-state index contributed by atoms with van der Waals surface area (Å²) < 4.78 is 3.07. The predicted octanol–water partition coefficient (Wildman–Crippen LogP) is 2.98. The zero-order valence-corrected chi connectivity index (χ0v) is 13.5. The maximum atomic E-state index is 5.95. The molecule has 1 atom stereocenters. The maximum Gasteiger partial charge on any atom is 0.138 e. The second-order valence-electron chi connectivity index (χ2n) is 5.44. The summed E-state index contributed by atoms with van der Waals surface area (Å²) in [4.78, 5) is 4.39. The van der Waals surface area contributed by atoms with Crippen LogP contribution in [-0.4, -0.2) is 21.3 Å². The lowest BCUT2D eigenvalue weighted by Gasteiger charge is -2.16. The lowest BCUT2D eigenvalue weighted by molar-refractivity contribution is 0.459. The van der Waals surface area contributed by atoms with E-state index in [4.69, 9.17) is 5.73 Å². The van der Waals surface area contributed by atoms with Gasteiger partial charge in [-0.25, -0.2) is 9.67 Å². The van der Waals surface area contributed by atoms with Gasteiger partial charge in [0.1, 0.15) is 12.2 Å². The van der Waals surface area contributed by atoms with Gasteiger partial charge < -0.3 is 5.73 Å². The van der Waals surface area contributed by atoms with Crippen LogP contribution in [0.2, 0.25) is 0 Å². The van der Waals surface area contributed by atoms with Crippen LogP contribution in [-0.2, 0) is 13.0 Å². The zero-order valence-electron chi connectivity index (χ0n) is 12.0. The summed E-state index contributed by atoms with van der Waals surface area (Å²) in [6.07, 6.45) is 2.45. The standard InChI is InChI=1S/C15H21BrN4/c1-11(2)9-20-15(18-10-19-20)7-13(8-17)12-4-3-5-14(16)6-12/h3-6,10-11,13H,7-9,17H2,1-2H3. The van der Waals surface area contributed by atoms with Gasteiger partial charge in [0.25, 0.3) is 0 Å². The minimum atomic E-state index is 0.266. The van der Waals surface area contributed by atoms with E-state index in [1.54, 1.807) is 6.33 Å². The van der Waals surface area contributed by atoms with Crippen LogP contribution in [0.15, 0.2) is 35.1 Å². The highest BCUT2D eigenvalue weighted by Gasteiger charge is 2.15. The van der Waals surface area contributed by atoms with Crippen LogP contribution >= 0.6 is 15.9 Å². The Balaban J connectivity index is 2.16. The molecule has 2 rings (SSSR count). The van der Waals surface area contributed by atoms with Crippen molar-refractivity contribution in [2.24, 2.45) is 11.7 Å². The summed E-state index contributed by atoms with van der Waals surface area (Å²) in [6.45, 7) is 5.86. The normalized spacial score (nSPS) is 12.8. The Morgan fingerprint density at radius 3 is 2.80 bits per heavy atom. The number of aromatic nitrogens is 3. The second-order valence-corrected chi connectivity index (χ2v) is 6.36. The smallest absolute Gasteiger partial charge is 0.138 e. The van der Waals surface area contributed by atoms with Gasteiger partial charge in [-0.15, -0.1) is 0 Å². The van der Waals surface area contributed by atoms with Gasteiger partial charge in [0.05, 0.1) is 0 Å². The SMILES string of the molecule is CC(C)Cn1ncnc1CC(CN)c1cccc(Br)c1. The lowest BCUT2D eigenvalue weighted by atomic mass is 9.95. The van der Waals surface area contributed by atoms with Gasteiger partial charge in [-0.1, -0.05) is 41.9 Å². The lowest BCUT2D eigenvalue weighted by Crippen LogP contribution is -2.19. The number of nitrogens with zero attached hydrogens (tertiary/aromatic N) is 3. The second kappa shape index (κ2) is 6.99. The molecule has 108 valence electrons. The van der Waals surface area contributed by atoms with Crippen molar-refractivity contribution >= 4 is 15.9 Å². The third kappa shape index (κ3) is 3.90. The van der Waals surface area contributed by atoms with Gasteiger partial charge in [-0.2, -0.15) is 5.10 Å². The minimum absolute atomic E-state index is 0.266. The molecule has 0 bridgehead atoms. The molecule has 0 amide bonds. The first kappa shape index (κ1) is 15.2. The van der Waals surface area contributed by atoms with Crippen LogP contribution in [0.3, 0.4) is 0 Å². The summed E-state index contributed by atoms with van der Waals surface area (Å²) in [5.74, 6) is 1.83. The highest BCUT2D eigenvalue weighted by Crippen LogP contribution is 2.22. The van der Waals surface area contributed by atoms with Gasteiger partial charge >= 0.3 is 0 Å². The zero-order chi connectivity index (χ0) is 14.5. The first-order valence-electron chi connectivity index (χ1n) is 6.92. The van der Waals surface area contributed by atoms with Crippen LogP contribution in [0.1, 0.15) is 31.2 Å². The summed E-state index contributed by atoms with van der Waals surface area (Å²) in [6, 6.07) is 8.31. The van der Waals surface area contributed by atoms with Crippen molar-refractivity contribution < 1.29 is 0 Å². The molecule has 2 aromatic rings. The van der Waals surface area contributed by atoms with Crippen LogP contribution < -0.4 is 5.73 Å². The number of hydrogen-bond donors (Lipinski definition) is 1. The molecular weight excluding hydrogens is 316 g/mol. The largest absolute Gasteiger partial charge is 0.330 e. The molecule has 4 nitrogen and oxygen atoms in total. The van der Waals surface area contributed by atoms with Crippen LogP contribution in [0.4, 0.5) is 0 Å². The topological polar surface area (TPSA) is 56.7 Å². The van der Waals surface area contributed by atoms with E-state index in [1.807, 2.05) is 16.8 Å². The summed E-state index contributed by atoms with van der Waals surface area (Å²) in [7, 11) is 0. The average Bonchev–Trinajstić information content (AvgIpc) is 2.82. The fourth-order valence-electron chi connectivity index (χ4n) is 2.26. The highest BCUT2D eigenvalue weighted by atomic mass is 79.9. The van der Waals surface area contributed by atoms with E-state index in [-0.39, 0.29) is 5.92 Å². The van der Waals surface area contributed by atoms with Crippen molar-refractivity contribution in [1.82, 2.24) is 14.8 Å². The van der Waals surface area contributed by atoms with Crippen LogP contribution in [0.25, 0.3) is 0 Å². The summed E-state index contributed by atoms with van der Waals surface area (Å²) in [5.41, 5.74) is 7.19. The van der Waals surface area contributed by atoms with E-state index in [0.717, 1.165) is 23.3 Å². The molecule has 0 saturated carbocycles. The monoisotopic (exact) mass is 336 g/mol. The minimum Gasteiger partial charge on any atom is -0.330 e. The first-order valence-corrected chi connectivity index (χ1v) is 7.71. The van der Waals surface area contributed by atoms with Crippen molar-refractivity contribution in [1.29, 1.82) is 0 Å². The first-order chi connectivity index (χ1) is 9.60. The van der Waals surface area contributed by atoms with Gasteiger partial charge in [0.2, 0.25) is 0 Å². The molecule has 1 unspecified atom stereocenters. The van der Waals surface area contributed by atoms with Crippen molar-refractivity contribution in [3.8, 4) is 0 Å². The van der Waals surface area contributed by atoms with Crippen molar-refractivity contribution in [2.45, 2.75) is 32.7 Å². The Kier molecular flexibility index (Phi) is 5.31. The van der Waals surface area contributed by atoms with Crippen molar-refractivity contribution in [2.75, 3.05) is 6.54 Å². The Hall–Kier alpha value is -1.20. The fraction of sp³-hybridized carbons (Fsp3) is 0.467. The van der Waals surface area contributed by atoms with E-state index in [1.165, 1.54) is 5.56 Å². The van der Waals surface area contributed by atoms with Crippen molar-refractivity contribution in [3.05, 3.63) is 46.5 Å². The molecule has 5 heteroatoms. The van der Waals surface area contributed by atoms with E-state index in [0.29, 0.717) is 12.5 Å². The summed E-state index contributed by atoms with van der Waals surface area (Å²) in [5, 5.41) is 4.31. The molecule has 0 radical (unpaired) electrons. The van der Waals surface area contributed by atoms with Crippen molar-refractivity contribution in [3.63, 3.8) is 0 Å². The molecule has 0 aliphatic rings. The molecule has 0 aliphatic heterocycles. The highest BCUT2D eigenvalue weighted by molar-refractivity contribution is 9.10. The Labute approximate surface area is 128 Å². The molecule has 0 spiro atoms. The van der Waals surface area contributed by atoms with E-state index in [2.05, 4.69) is 52.0 Å². The number of nitrogens with two attached hydrogens (primary N) is 1. The van der Waals surface area contributed by atoms with Gasteiger partial charge in [-0.05, 0) is 30.2 Å². The molecular formula is C15H21BrN4. The van der Waals surface area contributed by atoms with Crippen LogP contribution in [0, 0.1) is 5.92 Å². The quantitative estimate of drug-likeness (QED) is 0.882. The van der Waals surface area contributed by atoms with E-state index < -0.39 is 0 Å². The number of rotatable bonds is 6. The Bertz CT molecular complexity index is 550. The molecule has 1 aromatic carbocycles.